The van der Waals surface area contributed by atoms with Crippen LogP contribution < -0.4 is 11.1 Å². The van der Waals surface area contributed by atoms with Crippen LogP contribution in [0.2, 0.25) is 0 Å². The number of nitrogens with two attached hydrogens (primary N) is 1. The lowest BCUT2D eigenvalue weighted by molar-refractivity contribution is -0.0864. The van der Waals surface area contributed by atoms with Crippen molar-refractivity contribution in [1.82, 2.24) is 9.97 Å². The molecular weight excluding hydrogens is 228 g/mol. The molecule has 0 aliphatic carbocycles. The molecule has 3 N–H and O–H groups in total. The number of hydrogen-bond donors (Lipinski definition) is 2. The minimum absolute atomic E-state index is 0.0175. The molecule has 100 valence electrons. The Labute approximate surface area is 108 Å². The van der Waals surface area contributed by atoms with Crippen molar-refractivity contribution in [2.75, 3.05) is 17.7 Å². The molecule has 1 aliphatic rings. The molecule has 0 saturated carbocycles. The van der Waals surface area contributed by atoms with Crippen LogP contribution in [0.3, 0.4) is 0 Å². The van der Waals surface area contributed by atoms with Crippen LogP contribution in [0.4, 0.5) is 11.6 Å². The summed E-state index contributed by atoms with van der Waals surface area (Å²) < 4.78 is 5.95. The van der Waals surface area contributed by atoms with E-state index in [4.69, 9.17) is 10.5 Å². The Hall–Kier alpha value is -1.36. The lowest BCUT2D eigenvalue weighted by Crippen LogP contribution is -2.43. The van der Waals surface area contributed by atoms with Crippen LogP contribution in [0.25, 0.3) is 0 Å². The summed E-state index contributed by atoms with van der Waals surface area (Å²) in [5.74, 6) is 1.20. The number of hydrogen-bond acceptors (Lipinski definition) is 5. The van der Waals surface area contributed by atoms with Crippen LogP contribution in [-0.4, -0.2) is 28.2 Å². The fourth-order valence-electron chi connectivity index (χ4n) is 2.55. The zero-order valence-corrected chi connectivity index (χ0v) is 11.1. The van der Waals surface area contributed by atoms with Crippen LogP contribution in [0, 0.1) is 0 Å². The maximum Gasteiger partial charge on any atom is 0.147 e. The lowest BCUT2D eigenvalue weighted by Gasteiger charge is -2.40. The summed E-state index contributed by atoms with van der Waals surface area (Å²) in [6, 6.07) is 0.384. The van der Waals surface area contributed by atoms with Crippen LogP contribution in [-0.2, 0) is 4.74 Å². The molecule has 1 unspecified atom stereocenters. The first kappa shape index (κ1) is 13.1. The van der Waals surface area contributed by atoms with E-state index in [1.165, 1.54) is 0 Å². The van der Waals surface area contributed by atoms with Crippen molar-refractivity contribution in [3.05, 3.63) is 12.4 Å². The smallest absolute Gasteiger partial charge is 0.147 e. The van der Waals surface area contributed by atoms with Crippen LogP contribution in [0.1, 0.15) is 39.5 Å². The summed E-state index contributed by atoms with van der Waals surface area (Å²) in [6.07, 6.45) is 7.37. The van der Waals surface area contributed by atoms with Crippen molar-refractivity contribution in [3.8, 4) is 0 Å². The van der Waals surface area contributed by atoms with E-state index in [0.29, 0.717) is 11.9 Å². The fraction of sp³-hybridized carbons (Fsp3) is 0.692. The Morgan fingerprint density at radius 1 is 1.44 bits per heavy atom. The van der Waals surface area contributed by atoms with Gasteiger partial charge in [0.05, 0.1) is 18.0 Å². The van der Waals surface area contributed by atoms with Crippen LogP contribution in [0.15, 0.2) is 12.4 Å². The summed E-state index contributed by atoms with van der Waals surface area (Å²) >= 11 is 0. The van der Waals surface area contributed by atoms with E-state index in [2.05, 4.69) is 29.1 Å². The highest BCUT2D eigenvalue weighted by molar-refractivity contribution is 5.39. The predicted molar refractivity (Wildman–Crippen MR) is 72.4 cm³/mol. The Morgan fingerprint density at radius 3 is 2.89 bits per heavy atom. The second kappa shape index (κ2) is 5.52. The first-order valence-corrected chi connectivity index (χ1v) is 6.65. The Bertz CT molecular complexity index is 392. The van der Waals surface area contributed by atoms with E-state index in [1.807, 2.05) is 0 Å². The maximum atomic E-state index is 5.95. The van der Waals surface area contributed by atoms with Gasteiger partial charge in [0.2, 0.25) is 0 Å². The molecule has 1 aromatic heterocycles. The third-order valence-electron chi connectivity index (χ3n) is 3.79. The Morgan fingerprint density at radius 2 is 2.22 bits per heavy atom. The molecule has 0 bridgehead atoms. The minimum Gasteiger partial charge on any atom is -0.382 e. The third-order valence-corrected chi connectivity index (χ3v) is 3.79. The van der Waals surface area contributed by atoms with Crippen molar-refractivity contribution in [1.29, 1.82) is 0 Å². The molecule has 1 fully saturated rings. The molecule has 1 saturated heterocycles. The van der Waals surface area contributed by atoms with Crippen molar-refractivity contribution in [3.63, 3.8) is 0 Å². The van der Waals surface area contributed by atoms with E-state index < -0.39 is 0 Å². The summed E-state index contributed by atoms with van der Waals surface area (Å²) in [5, 5.41) is 3.41. The summed E-state index contributed by atoms with van der Waals surface area (Å²) in [5.41, 5.74) is 5.65. The number of rotatable bonds is 4. The maximum absolute atomic E-state index is 5.95. The first-order valence-electron chi connectivity index (χ1n) is 6.65. The van der Waals surface area contributed by atoms with E-state index in [0.717, 1.165) is 38.1 Å². The molecule has 0 aromatic carbocycles. The van der Waals surface area contributed by atoms with E-state index >= 15 is 0 Å². The van der Waals surface area contributed by atoms with Crippen molar-refractivity contribution in [2.24, 2.45) is 0 Å². The highest BCUT2D eigenvalue weighted by Gasteiger charge is 2.34. The summed E-state index contributed by atoms with van der Waals surface area (Å²) in [7, 11) is 0. The van der Waals surface area contributed by atoms with E-state index in [-0.39, 0.29) is 5.60 Å². The fourth-order valence-corrected chi connectivity index (χ4v) is 2.55. The van der Waals surface area contributed by atoms with Gasteiger partial charge in [0, 0.05) is 12.6 Å². The normalized spacial score (nSPS) is 22.7. The minimum atomic E-state index is 0.0175. The third kappa shape index (κ3) is 2.90. The zero-order valence-electron chi connectivity index (χ0n) is 11.1. The quantitative estimate of drug-likeness (QED) is 0.857. The topological polar surface area (TPSA) is 73.1 Å². The molecular formula is C13H22N4O. The molecule has 5 nitrogen and oxygen atoms in total. The average molecular weight is 250 g/mol. The number of nitrogen functional groups attached to an aromatic ring is 1. The van der Waals surface area contributed by atoms with Gasteiger partial charge < -0.3 is 15.8 Å². The van der Waals surface area contributed by atoms with Crippen molar-refractivity contribution >= 4 is 11.6 Å². The van der Waals surface area contributed by atoms with Crippen molar-refractivity contribution < 1.29 is 4.74 Å². The number of nitrogens with one attached hydrogen (secondary N) is 1. The standard InChI is InChI=1S/C13H22N4O/c1-3-13(4-2)7-10(5-6-18-13)16-12-9-15-8-11(14)17-12/h8-10H,3-7H2,1-2H3,(H3,14,16,17). The highest BCUT2D eigenvalue weighted by Crippen LogP contribution is 2.32. The zero-order chi connectivity index (χ0) is 13.0. The van der Waals surface area contributed by atoms with Gasteiger partial charge in [0.25, 0.3) is 0 Å². The second-order valence-corrected chi connectivity index (χ2v) is 4.90. The largest absolute Gasteiger partial charge is 0.382 e. The number of ether oxygens (including phenoxy) is 1. The Balaban J connectivity index is 2.01. The van der Waals surface area contributed by atoms with E-state index in [9.17, 15) is 0 Å². The molecule has 1 aromatic rings. The number of nitrogens with zero attached hydrogens (tertiary/aromatic N) is 2. The van der Waals surface area contributed by atoms with Gasteiger partial charge in [0.15, 0.2) is 0 Å². The summed E-state index contributed by atoms with van der Waals surface area (Å²) in [4.78, 5) is 8.28. The molecule has 0 radical (unpaired) electrons. The molecule has 5 heteroatoms. The Kier molecular flexibility index (Phi) is 4.01. The molecule has 0 spiro atoms. The van der Waals surface area contributed by atoms with Crippen LogP contribution >= 0.6 is 0 Å². The number of aromatic nitrogens is 2. The van der Waals surface area contributed by atoms with Gasteiger partial charge in [-0.15, -0.1) is 0 Å². The van der Waals surface area contributed by atoms with Crippen molar-refractivity contribution in [2.45, 2.75) is 51.2 Å². The molecule has 18 heavy (non-hydrogen) atoms. The van der Waals surface area contributed by atoms with Crippen LogP contribution in [0.5, 0.6) is 0 Å². The van der Waals surface area contributed by atoms with Gasteiger partial charge in [0.1, 0.15) is 11.6 Å². The average Bonchev–Trinajstić information content (AvgIpc) is 2.39. The molecule has 2 rings (SSSR count). The number of anilines is 2. The van der Waals surface area contributed by atoms with E-state index in [1.54, 1.807) is 12.4 Å². The second-order valence-electron chi connectivity index (χ2n) is 4.90. The molecule has 1 atom stereocenters. The SMILES string of the molecule is CCC1(CC)CC(Nc2cncc(N)n2)CCO1. The molecule has 1 aliphatic heterocycles. The molecule has 0 amide bonds. The first-order chi connectivity index (χ1) is 8.67. The lowest BCUT2D eigenvalue weighted by atomic mass is 9.86. The predicted octanol–water partition coefficient (Wildman–Crippen LogP) is 2.21. The molecule has 2 heterocycles. The van der Waals surface area contributed by atoms with Gasteiger partial charge in [-0.1, -0.05) is 13.8 Å². The highest BCUT2D eigenvalue weighted by atomic mass is 16.5. The monoisotopic (exact) mass is 250 g/mol. The van der Waals surface area contributed by atoms with Gasteiger partial charge in [-0.25, -0.2) is 4.98 Å². The summed E-state index contributed by atoms with van der Waals surface area (Å²) in [6.45, 7) is 5.17. The van der Waals surface area contributed by atoms with Gasteiger partial charge >= 0.3 is 0 Å². The van der Waals surface area contributed by atoms with Gasteiger partial charge in [-0.3, -0.25) is 4.98 Å². The van der Waals surface area contributed by atoms with Gasteiger partial charge in [-0.2, -0.15) is 0 Å². The van der Waals surface area contributed by atoms with Gasteiger partial charge in [-0.05, 0) is 25.7 Å².